The molecule has 1 spiro atoms. The molecule has 0 radical (unpaired) electrons. The molecule has 6 rings (SSSR count). The number of aromatic nitrogens is 5. The Bertz CT molecular complexity index is 1610. The number of nitrogens with zero attached hydrogens (tertiary/aromatic N) is 5. The lowest BCUT2D eigenvalue weighted by atomic mass is 9.79. The van der Waals surface area contributed by atoms with Crippen molar-refractivity contribution in [2.24, 2.45) is 5.92 Å². The fraction of sp³-hybridized carbons (Fsp3) is 0.346. The number of fused-ring (bicyclic) bond motifs is 1. The number of methoxy groups -OCH3 is 1. The van der Waals surface area contributed by atoms with E-state index in [1.54, 1.807) is 19.1 Å². The largest absolute Gasteiger partial charge is 0.469 e. The Morgan fingerprint density at radius 3 is 2.69 bits per heavy atom. The van der Waals surface area contributed by atoms with Gasteiger partial charge in [0.15, 0.2) is 11.5 Å². The first-order chi connectivity index (χ1) is 18.6. The zero-order valence-corrected chi connectivity index (χ0v) is 20.7. The first kappa shape index (κ1) is 25.2. The number of halogens is 4. The number of esters is 1. The highest BCUT2D eigenvalue weighted by Gasteiger charge is 2.54. The van der Waals surface area contributed by atoms with Gasteiger partial charge in [-0.05, 0) is 58.7 Å². The number of hydrogen-bond donors (Lipinski definition) is 0. The van der Waals surface area contributed by atoms with Crippen molar-refractivity contribution in [3.63, 3.8) is 0 Å². The molecular weight excluding hydrogens is 522 g/mol. The van der Waals surface area contributed by atoms with Crippen LogP contribution in [-0.2, 0) is 20.4 Å². The van der Waals surface area contributed by atoms with Crippen molar-refractivity contribution in [1.82, 2.24) is 25.2 Å². The van der Waals surface area contributed by atoms with Crippen LogP contribution in [0, 0.1) is 18.7 Å². The van der Waals surface area contributed by atoms with Crippen LogP contribution in [0.3, 0.4) is 0 Å². The molecule has 1 saturated carbocycles. The number of tetrazole rings is 1. The second-order valence-electron chi connectivity index (χ2n) is 9.60. The van der Waals surface area contributed by atoms with Crippen molar-refractivity contribution in [2.45, 2.75) is 37.5 Å². The van der Waals surface area contributed by atoms with Gasteiger partial charge in [0.1, 0.15) is 11.3 Å². The molecule has 0 amide bonds. The van der Waals surface area contributed by atoms with Gasteiger partial charge in [-0.15, -0.1) is 5.10 Å². The Balaban J connectivity index is 1.49. The predicted octanol–water partition coefficient (Wildman–Crippen LogP) is 4.79. The van der Waals surface area contributed by atoms with E-state index in [4.69, 9.17) is 13.9 Å². The molecule has 2 aromatic carbocycles. The smallest absolute Gasteiger partial charge is 0.453 e. The number of aryl methyl sites for hydroxylation is 1. The fourth-order valence-corrected chi connectivity index (χ4v) is 5.73. The highest BCUT2D eigenvalue weighted by Crippen LogP contribution is 2.54. The van der Waals surface area contributed by atoms with Gasteiger partial charge < -0.3 is 13.9 Å². The Morgan fingerprint density at radius 2 is 1.97 bits per heavy atom. The second kappa shape index (κ2) is 8.97. The van der Waals surface area contributed by atoms with Gasteiger partial charge in [0, 0.05) is 24.5 Å². The van der Waals surface area contributed by atoms with Gasteiger partial charge in [-0.1, -0.05) is 12.1 Å². The SMILES string of the molecule is COC(=O)[C@H]1CC[C@@]2(C=C(c3cc(-n4nnnc4C(F)(F)F)cc4oc(C)nc34)CO2)[C@@H]1c1ccc(F)cc1. The molecule has 0 N–H and O–H groups in total. The van der Waals surface area contributed by atoms with E-state index in [9.17, 15) is 22.4 Å². The number of oxazole rings is 1. The normalized spacial score (nSPS) is 23.1. The third-order valence-corrected chi connectivity index (χ3v) is 7.32. The number of hydrogen-bond acceptors (Lipinski definition) is 8. The van der Waals surface area contributed by atoms with Gasteiger partial charge in [0.25, 0.3) is 5.82 Å². The lowest BCUT2D eigenvalue weighted by Gasteiger charge is -2.31. The van der Waals surface area contributed by atoms with Crippen LogP contribution >= 0.6 is 0 Å². The zero-order valence-electron chi connectivity index (χ0n) is 20.7. The van der Waals surface area contributed by atoms with Crippen LogP contribution in [0.1, 0.15) is 41.6 Å². The van der Waals surface area contributed by atoms with Crippen LogP contribution in [0.2, 0.25) is 0 Å². The number of benzene rings is 2. The molecule has 0 saturated heterocycles. The Hall–Kier alpha value is -4.13. The van der Waals surface area contributed by atoms with Crippen LogP contribution < -0.4 is 0 Å². The summed E-state index contributed by atoms with van der Waals surface area (Å²) < 4.78 is 72.1. The summed E-state index contributed by atoms with van der Waals surface area (Å²) in [5.74, 6) is -2.79. The molecule has 39 heavy (non-hydrogen) atoms. The molecule has 1 aliphatic heterocycles. The van der Waals surface area contributed by atoms with E-state index in [-0.39, 0.29) is 17.9 Å². The maximum atomic E-state index is 13.7. The van der Waals surface area contributed by atoms with E-state index in [0.29, 0.717) is 45.6 Å². The standard InChI is InChI=1S/C26H21F4N5O4/c1-13-31-22-19(9-17(10-20(22)39-13)35-24(26(28,29)30)32-33-34-35)15-11-25(38-12-15)8-7-18(23(36)37-2)21(25)14-3-5-16(27)6-4-14/h3-6,9-11,18,21H,7-8,12H2,1-2H3/t18-,21+,25+/m0/s1. The number of rotatable bonds is 4. The van der Waals surface area contributed by atoms with Gasteiger partial charge in [0.05, 0.1) is 30.9 Å². The number of carbonyl (C=O) groups is 1. The summed E-state index contributed by atoms with van der Waals surface area (Å²) in [4.78, 5) is 17.2. The Labute approximate surface area is 218 Å². The summed E-state index contributed by atoms with van der Waals surface area (Å²) in [5.41, 5.74) is 1.63. The molecule has 3 atom stereocenters. The lowest BCUT2D eigenvalue weighted by molar-refractivity contribution is -0.147. The third kappa shape index (κ3) is 4.17. The summed E-state index contributed by atoms with van der Waals surface area (Å²) in [6.45, 7) is 1.73. The summed E-state index contributed by atoms with van der Waals surface area (Å²) in [6, 6.07) is 8.78. The van der Waals surface area contributed by atoms with Crippen molar-refractivity contribution in [2.75, 3.05) is 13.7 Å². The minimum absolute atomic E-state index is 0.0294. The minimum Gasteiger partial charge on any atom is -0.469 e. The van der Waals surface area contributed by atoms with E-state index in [2.05, 4.69) is 20.5 Å². The van der Waals surface area contributed by atoms with Gasteiger partial charge in [-0.25, -0.2) is 9.37 Å². The summed E-state index contributed by atoms with van der Waals surface area (Å²) in [5, 5.41) is 9.89. The molecule has 3 heterocycles. The molecule has 0 unspecified atom stereocenters. The van der Waals surface area contributed by atoms with E-state index in [0.717, 1.165) is 0 Å². The van der Waals surface area contributed by atoms with Gasteiger partial charge in [-0.3, -0.25) is 4.79 Å². The van der Waals surface area contributed by atoms with Crippen LogP contribution in [0.5, 0.6) is 0 Å². The van der Waals surface area contributed by atoms with Crippen LogP contribution in [0.4, 0.5) is 17.6 Å². The Morgan fingerprint density at radius 1 is 1.21 bits per heavy atom. The van der Waals surface area contributed by atoms with Crippen LogP contribution in [0.15, 0.2) is 46.9 Å². The predicted molar refractivity (Wildman–Crippen MR) is 127 cm³/mol. The molecule has 13 heteroatoms. The fourth-order valence-electron chi connectivity index (χ4n) is 5.73. The average Bonchev–Trinajstić information content (AvgIpc) is 3.69. The molecule has 2 aromatic heterocycles. The highest BCUT2D eigenvalue weighted by atomic mass is 19.4. The van der Waals surface area contributed by atoms with Gasteiger partial charge in [0.2, 0.25) is 0 Å². The molecule has 0 bridgehead atoms. The Kier molecular flexibility index (Phi) is 5.79. The van der Waals surface area contributed by atoms with E-state index in [1.165, 1.54) is 31.4 Å². The molecule has 2 aliphatic rings. The van der Waals surface area contributed by atoms with Crippen molar-refractivity contribution in [3.8, 4) is 5.69 Å². The van der Waals surface area contributed by atoms with Gasteiger partial charge >= 0.3 is 12.1 Å². The van der Waals surface area contributed by atoms with E-state index >= 15 is 0 Å². The number of alkyl halides is 3. The molecule has 9 nitrogen and oxygen atoms in total. The topological polar surface area (TPSA) is 105 Å². The van der Waals surface area contributed by atoms with Crippen molar-refractivity contribution in [3.05, 3.63) is 71.1 Å². The number of carbonyl (C=O) groups excluding carboxylic acids is 1. The van der Waals surface area contributed by atoms with Crippen molar-refractivity contribution in [1.29, 1.82) is 0 Å². The highest BCUT2D eigenvalue weighted by molar-refractivity contribution is 5.91. The number of ether oxygens (including phenoxy) is 2. The first-order valence-corrected chi connectivity index (χ1v) is 12.1. The molecule has 202 valence electrons. The average molecular weight is 543 g/mol. The van der Waals surface area contributed by atoms with Crippen molar-refractivity contribution >= 4 is 22.6 Å². The molecule has 1 fully saturated rings. The van der Waals surface area contributed by atoms with Crippen LogP contribution in [-0.4, -0.2) is 50.5 Å². The lowest BCUT2D eigenvalue weighted by Crippen LogP contribution is -2.34. The molecule has 1 aliphatic carbocycles. The second-order valence-corrected chi connectivity index (χ2v) is 9.60. The van der Waals surface area contributed by atoms with E-state index in [1.807, 2.05) is 6.08 Å². The quantitative estimate of drug-likeness (QED) is 0.267. The monoisotopic (exact) mass is 543 g/mol. The molecular formula is C26H21F4N5O4. The van der Waals surface area contributed by atoms with Gasteiger partial charge in [-0.2, -0.15) is 17.9 Å². The maximum absolute atomic E-state index is 13.7. The summed E-state index contributed by atoms with van der Waals surface area (Å²) >= 11 is 0. The summed E-state index contributed by atoms with van der Waals surface area (Å²) in [7, 11) is 1.31. The minimum atomic E-state index is -4.79. The zero-order chi connectivity index (χ0) is 27.5. The van der Waals surface area contributed by atoms with Crippen molar-refractivity contribution < 1.29 is 36.2 Å². The summed E-state index contributed by atoms with van der Waals surface area (Å²) in [6.07, 6.45) is -1.96. The van der Waals surface area contributed by atoms with E-state index < -0.39 is 41.2 Å². The maximum Gasteiger partial charge on any atom is 0.453 e. The van der Waals surface area contributed by atoms with Crippen LogP contribution in [0.25, 0.3) is 22.4 Å². The molecule has 4 aromatic rings. The third-order valence-electron chi connectivity index (χ3n) is 7.32. The first-order valence-electron chi connectivity index (χ1n) is 12.1.